The van der Waals surface area contributed by atoms with Gasteiger partial charge < -0.3 is 15.0 Å². The van der Waals surface area contributed by atoms with E-state index in [1.54, 1.807) is 36.5 Å². The molecule has 1 aromatic heterocycles. The number of anilines is 1. The van der Waals surface area contributed by atoms with Gasteiger partial charge in [-0.15, -0.1) is 0 Å². The van der Waals surface area contributed by atoms with Crippen molar-refractivity contribution in [1.29, 1.82) is 0 Å². The van der Waals surface area contributed by atoms with Crippen LogP contribution < -0.4 is 10.2 Å². The van der Waals surface area contributed by atoms with Crippen LogP contribution in [0.4, 0.5) is 18.9 Å². The SMILES string of the molecule is O=C(NCc1ccc(N2CCOCC2)cc1C(F)(F)F)c1ccn(-c2cccc(Cl)c2)n1. The number of halogens is 4. The summed E-state index contributed by atoms with van der Waals surface area (Å²) in [7, 11) is 0. The van der Waals surface area contributed by atoms with Crippen molar-refractivity contribution < 1.29 is 22.7 Å². The van der Waals surface area contributed by atoms with E-state index >= 15 is 0 Å². The van der Waals surface area contributed by atoms with Crippen LogP contribution in [0.2, 0.25) is 5.02 Å². The zero-order chi connectivity index (χ0) is 22.7. The van der Waals surface area contributed by atoms with E-state index < -0.39 is 17.6 Å². The van der Waals surface area contributed by atoms with Crippen LogP contribution >= 0.6 is 11.6 Å². The van der Waals surface area contributed by atoms with Crippen molar-refractivity contribution in [3.63, 3.8) is 0 Å². The lowest BCUT2D eigenvalue weighted by molar-refractivity contribution is -0.138. The van der Waals surface area contributed by atoms with Crippen molar-refractivity contribution >= 4 is 23.2 Å². The molecule has 1 amide bonds. The Labute approximate surface area is 187 Å². The molecule has 0 aliphatic carbocycles. The maximum Gasteiger partial charge on any atom is 0.416 e. The molecule has 0 unspecified atom stereocenters. The van der Waals surface area contributed by atoms with Gasteiger partial charge in [-0.3, -0.25) is 4.79 Å². The third kappa shape index (κ3) is 5.05. The second kappa shape index (κ2) is 9.22. The number of nitrogens with one attached hydrogen (secondary N) is 1. The summed E-state index contributed by atoms with van der Waals surface area (Å²) in [6, 6.07) is 12.6. The Bertz CT molecular complexity index is 1110. The van der Waals surface area contributed by atoms with Crippen LogP contribution in [-0.2, 0) is 17.5 Å². The number of hydrogen-bond donors (Lipinski definition) is 1. The van der Waals surface area contributed by atoms with E-state index in [1.165, 1.54) is 16.8 Å². The molecule has 1 aliphatic heterocycles. The molecule has 0 radical (unpaired) electrons. The van der Waals surface area contributed by atoms with Crippen LogP contribution in [0, 0.1) is 0 Å². The monoisotopic (exact) mass is 464 g/mol. The van der Waals surface area contributed by atoms with Gasteiger partial charge in [-0.1, -0.05) is 23.7 Å². The van der Waals surface area contributed by atoms with Crippen molar-refractivity contribution in [3.8, 4) is 5.69 Å². The van der Waals surface area contributed by atoms with Crippen LogP contribution in [0.25, 0.3) is 5.69 Å². The second-order valence-electron chi connectivity index (χ2n) is 7.25. The van der Waals surface area contributed by atoms with Crippen LogP contribution in [-0.4, -0.2) is 42.0 Å². The molecule has 1 saturated heterocycles. The fraction of sp³-hybridized carbons (Fsp3) is 0.273. The molecule has 0 atom stereocenters. The maximum atomic E-state index is 13.7. The van der Waals surface area contributed by atoms with E-state index in [4.69, 9.17) is 16.3 Å². The van der Waals surface area contributed by atoms with E-state index in [0.717, 1.165) is 6.07 Å². The first kappa shape index (κ1) is 22.2. The van der Waals surface area contributed by atoms with Gasteiger partial charge in [0.2, 0.25) is 0 Å². The van der Waals surface area contributed by atoms with Crippen molar-refractivity contribution in [2.45, 2.75) is 12.7 Å². The van der Waals surface area contributed by atoms with Gasteiger partial charge in [-0.2, -0.15) is 18.3 Å². The highest BCUT2D eigenvalue weighted by molar-refractivity contribution is 6.30. The van der Waals surface area contributed by atoms with Crippen molar-refractivity contribution in [1.82, 2.24) is 15.1 Å². The average Bonchev–Trinajstić information content (AvgIpc) is 3.28. The van der Waals surface area contributed by atoms with Crippen molar-refractivity contribution in [2.24, 2.45) is 0 Å². The summed E-state index contributed by atoms with van der Waals surface area (Å²) in [6.07, 6.45) is -2.96. The number of carbonyl (C=O) groups excluding carboxylic acids is 1. The number of nitrogens with zero attached hydrogens (tertiary/aromatic N) is 3. The first-order valence-electron chi connectivity index (χ1n) is 9.94. The summed E-state index contributed by atoms with van der Waals surface area (Å²) in [6.45, 7) is 1.73. The van der Waals surface area contributed by atoms with Gasteiger partial charge in [0.15, 0.2) is 5.69 Å². The molecule has 2 aromatic carbocycles. The Morgan fingerprint density at radius 2 is 1.88 bits per heavy atom. The zero-order valence-corrected chi connectivity index (χ0v) is 17.7. The lowest BCUT2D eigenvalue weighted by Gasteiger charge is -2.29. The van der Waals surface area contributed by atoms with Crippen LogP contribution in [0.5, 0.6) is 0 Å². The van der Waals surface area contributed by atoms with Gasteiger partial charge in [0.05, 0.1) is 24.5 Å². The third-order valence-corrected chi connectivity index (χ3v) is 5.34. The van der Waals surface area contributed by atoms with Crippen molar-refractivity contribution in [2.75, 3.05) is 31.2 Å². The lowest BCUT2D eigenvalue weighted by Crippen LogP contribution is -2.36. The summed E-state index contributed by atoms with van der Waals surface area (Å²) in [5, 5.41) is 7.23. The van der Waals surface area contributed by atoms with E-state index in [9.17, 15) is 18.0 Å². The molecule has 4 rings (SSSR count). The predicted molar refractivity (Wildman–Crippen MR) is 114 cm³/mol. The lowest BCUT2D eigenvalue weighted by atomic mass is 10.0. The van der Waals surface area contributed by atoms with Gasteiger partial charge in [0.25, 0.3) is 5.91 Å². The Morgan fingerprint density at radius 3 is 2.59 bits per heavy atom. The van der Waals surface area contributed by atoms with Crippen LogP contribution in [0.3, 0.4) is 0 Å². The third-order valence-electron chi connectivity index (χ3n) is 5.11. The van der Waals surface area contributed by atoms with Crippen molar-refractivity contribution in [3.05, 3.63) is 76.6 Å². The summed E-state index contributed by atoms with van der Waals surface area (Å²) >= 11 is 5.97. The minimum absolute atomic E-state index is 0.0165. The number of carbonyl (C=O) groups is 1. The standard InChI is InChI=1S/C22H20ClF3N4O2/c23-16-2-1-3-18(12-16)30-7-6-20(28-30)21(31)27-14-15-4-5-17(13-19(15)22(24,25)26)29-8-10-32-11-9-29/h1-7,12-13H,8-11,14H2,(H,27,31). The Hall–Kier alpha value is -3.04. The molecule has 0 spiro atoms. The molecule has 6 nitrogen and oxygen atoms in total. The van der Waals surface area contributed by atoms with E-state index in [0.29, 0.717) is 42.7 Å². The highest BCUT2D eigenvalue weighted by Gasteiger charge is 2.34. The molecule has 32 heavy (non-hydrogen) atoms. The molecule has 1 aliphatic rings. The summed E-state index contributed by atoms with van der Waals surface area (Å²) < 4.78 is 47.8. The molecule has 10 heteroatoms. The van der Waals surface area contributed by atoms with E-state index in [1.807, 2.05) is 4.90 Å². The largest absolute Gasteiger partial charge is 0.416 e. The Balaban J connectivity index is 1.48. The number of aromatic nitrogens is 2. The highest BCUT2D eigenvalue weighted by atomic mass is 35.5. The minimum atomic E-state index is -4.55. The van der Waals surface area contributed by atoms with Gasteiger partial charge in [-0.25, -0.2) is 4.68 Å². The van der Waals surface area contributed by atoms with Gasteiger partial charge in [-0.05, 0) is 42.0 Å². The average molecular weight is 465 g/mol. The predicted octanol–water partition coefficient (Wildman–Crippen LogP) is 4.31. The summed E-state index contributed by atoms with van der Waals surface area (Å²) in [5.74, 6) is -0.573. The van der Waals surface area contributed by atoms with Crippen LogP contribution in [0.15, 0.2) is 54.7 Å². The Kier molecular flexibility index (Phi) is 6.38. The summed E-state index contributed by atoms with van der Waals surface area (Å²) in [5.41, 5.74) is 0.442. The second-order valence-corrected chi connectivity index (χ2v) is 7.68. The first-order chi connectivity index (χ1) is 15.3. The van der Waals surface area contributed by atoms with E-state index in [2.05, 4.69) is 10.4 Å². The molecular weight excluding hydrogens is 445 g/mol. The van der Waals surface area contributed by atoms with Crippen LogP contribution in [0.1, 0.15) is 21.6 Å². The summed E-state index contributed by atoms with van der Waals surface area (Å²) in [4.78, 5) is 14.3. The fourth-order valence-electron chi connectivity index (χ4n) is 3.47. The first-order valence-corrected chi connectivity index (χ1v) is 10.3. The number of hydrogen-bond acceptors (Lipinski definition) is 4. The molecular formula is C22H20ClF3N4O2. The number of morpholine rings is 1. The molecule has 3 aromatic rings. The Morgan fingerprint density at radius 1 is 1.09 bits per heavy atom. The molecule has 0 saturated carbocycles. The van der Waals surface area contributed by atoms with Gasteiger partial charge in [0, 0.05) is 36.5 Å². The van der Waals surface area contributed by atoms with Gasteiger partial charge >= 0.3 is 6.18 Å². The molecule has 0 bridgehead atoms. The minimum Gasteiger partial charge on any atom is -0.378 e. The number of benzene rings is 2. The van der Waals surface area contributed by atoms with E-state index in [-0.39, 0.29) is 17.8 Å². The number of rotatable bonds is 5. The zero-order valence-electron chi connectivity index (χ0n) is 16.9. The van der Waals surface area contributed by atoms with Gasteiger partial charge in [0.1, 0.15) is 0 Å². The number of alkyl halides is 3. The fourth-order valence-corrected chi connectivity index (χ4v) is 3.66. The molecule has 1 N–H and O–H groups in total. The number of ether oxygens (including phenoxy) is 1. The molecule has 168 valence electrons. The maximum absolute atomic E-state index is 13.7. The smallest absolute Gasteiger partial charge is 0.378 e. The normalized spacial score (nSPS) is 14.4. The molecule has 2 heterocycles. The topological polar surface area (TPSA) is 59.4 Å². The number of amides is 1. The highest BCUT2D eigenvalue weighted by Crippen LogP contribution is 2.35. The quantitative estimate of drug-likeness (QED) is 0.611. The molecule has 1 fully saturated rings.